The van der Waals surface area contributed by atoms with Crippen molar-refractivity contribution in [2.24, 2.45) is 7.05 Å². The van der Waals surface area contributed by atoms with Crippen LogP contribution in [0.1, 0.15) is 37.1 Å². The fourth-order valence-electron chi connectivity index (χ4n) is 3.74. The van der Waals surface area contributed by atoms with E-state index in [4.69, 9.17) is 0 Å². The predicted molar refractivity (Wildman–Crippen MR) is 102 cm³/mol. The van der Waals surface area contributed by atoms with Gasteiger partial charge in [0, 0.05) is 18.9 Å². The van der Waals surface area contributed by atoms with Crippen LogP contribution in [0, 0.1) is 0 Å². The Balaban J connectivity index is 1.61. The number of ketones is 1. The molecule has 138 valence electrons. The third kappa shape index (κ3) is 4.41. The fraction of sp³-hybridized carbons (Fsp3) is 0.429. The van der Waals surface area contributed by atoms with Gasteiger partial charge in [-0.3, -0.25) is 14.5 Å². The summed E-state index contributed by atoms with van der Waals surface area (Å²) in [7, 11) is 2.04. The first-order chi connectivity index (χ1) is 12.5. The standard InChI is InChI=1S/C21H27N3O2/c1-16(25)18(14-17-8-4-3-5-9-17)22-21(26)15-24-13-7-11-20(24)19-10-6-12-23(19)2/h3-6,8-10,12,18,20H,7,11,13-15H2,1-2H3,(H,22,26)/t18-,20-/m1/s1. The molecule has 5 heteroatoms. The lowest BCUT2D eigenvalue weighted by atomic mass is 10.0. The van der Waals surface area contributed by atoms with E-state index in [0.717, 1.165) is 24.9 Å². The van der Waals surface area contributed by atoms with Crippen molar-refractivity contribution in [1.82, 2.24) is 14.8 Å². The first-order valence-electron chi connectivity index (χ1n) is 9.23. The number of carbonyl (C=O) groups is 2. The molecule has 0 saturated carbocycles. The molecule has 1 aromatic carbocycles. The van der Waals surface area contributed by atoms with E-state index in [1.54, 1.807) is 0 Å². The fourth-order valence-corrected chi connectivity index (χ4v) is 3.74. The number of hydrogen-bond donors (Lipinski definition) is 1. The molecule has 5 nitrogen and oxygen atoms in total. The Morgan fingerprint density at radius 2 is 1.96 bits per heavy atom. The van der Waals surface area contributed by atoms with E-state index in [0.29, 0.717) is 13.0 Å². The van der Waals surface area contributed by atoms with E-state index in [-0.39, 0.29) is 17.7 Å². The van der Waals surface area contributed by atoms with Crippen LogP contribution >= 0.6 is 0 Å². The molecule has 2 aromatic rings. The van der Waals surface area contributed by atoms with Crippen molar-refractivity contribution in [3.05, 3.63) is 59.9 Å². The summed E-state index contributed by atoms with van der Waals surface area (Å²) in [4.78, 5) is 26.8. The third-order valence-corrected chi connectivity index (χ3v) is 5.14. The number of nitrogens with zero attached hydrogens (tertiary/aromatic N) is 2. The monoisotopic (exact) mass is 353 g/mol. The Bertz CT molecular complexity index is 754. The van der Waals surface area contributed by atoms with E-state index in [9.17, 15) is 9.59 Å². The minimum atomic E-state index is -0.471. The van der Waals surface area contributed by atoms with Gasteiger partial charge in [0.15, 0.2) is 5.78 Å². The number of Topliss-reactive ketones (excluding diaryl/α,β-unsaturated/α-hetero) is 1. The van der Waals surface area contributed by atoms with Gasteiger partial charge in [-0.1, -0.05) is 30.3 Å². The summed E-state index contributed by atoms with van der Waals surface area (Å²) in [6.45, 7) is 2.78. The lowest BCUT2D eigenvalue weighted by Gasteiger charge is -2.25. The Labute approximate surface area is 155 Å². The topological polar surface area (TPSA) is 54.3 Å². The van der Waals surface area contributed by atoms with Gasteiger partial charge in [-0.25, -0.2) is 0 Å². The molecule has 2 atom stereocenters. The second-order valence-corrected chi connectivity index (χ2v) is 7.09. The molecule has 1 fully saturated rings. The summed E-state index contributed by atoms with van der Waals surface area (Å²) in [5.74, 6) is -0.0927. The van der Waals surface area contributed by atoms with Crippen LogP contribution < -0.4 is 5.32 Å². The molecule has 1 saturated heterocycles. The number of carbonyl (C=O) groups excluding carboxylic acids is 2. The molecule has 0 bridgehead atoms. The van der Waals surface area contributed by atoms with Gasteiger partial charge in [0.2, 0.25) is 5.91 Å². The van der Waals surface area contributed by atoms with E-state index >= 15 is 0 Å². The highest BCUT2D eigenvalue weighted by atomic mass is 16.2. The van der Waals surface area contributed by atoms with E-state index in [1.165, 1.54) is 12.6 Å². The summed E-state index contributed by atoms with van der Waals surface area (Å²) in [5, 5.41) is 2.94. The normalized spacial score (nSPS) is 18.6. The summed E-state index contributed by atoms with van der Waals surface area (Å²) in [5.41, 5.74) is 2.29. The zero-order valence-electron chi connectivity index (χ0n) is 15.5. The van der Waals surface area contributed by atoms with Crippen LogP contribution in [-0.4, -0.2) is 40.3 Å². The lowest BCUT2D eigenvalue weighted by molar-refractivity contribution is -0.127. The smallest absolute Gasteiger partial charge is 0.234 e. The molecule has 0 spiro atoms. The molecule has 0 aliphatic carbocycles. The van der Waals surface area contributed by atoms with E-state index in [1.807, 2.05) is 49.6 Å². The van der Waals surface area contributed by atoms with Crippen LogP contribution in [0.2, 0.25) is 0 Å². The Morgan fingerprint density at radius 3 is 2.62 bits per heavy atom. The van der Waals surface area contributed by atoms with Crippen molar-refractivity contribution in [1.29, 1.82) is 0 Å². The van der Waals surface area contributed by atoms with Gasteiger partial charge < -0.3 is 9.88 Å². The maximum atomic E-state index is 12.6. The largest absolute Gasteiger partial charge is 0.353 e. The van der Waals surface area contributed by atoms with E-state index in [2.05, 4.69) is 20.9 Å². The number of aryl methyl sites for hydroxylation is 1. The maximum absolute atomic E-state index is 12.6. The zero-order chi connectivity index (χ0) is 18.5. The number of likely N-dealkylation sites (tertiary alicyclic amines) is 1. The van der Waals surface area contributed by atoms with Gasteiger partial charge in [-0.05, 0) is 50.4 Å². The van der Waals surface area contributed by atoms with Crippen molar-refractivity contribution in [3.8, 4) is 0 Å². The van der Waals surface area contributed by atoms with Crippen LogP contribution in [0.4, 0.5) is 0 Å². The molecule has 1 aromatic heterocycles. The Kier molecular flexibility index (Phi) is 5.89. The molecular formula is C21H27N3O2. The van der Waals surface area contributed by atoms with Gasteiger partial charge in [0.1, 0.15) is 0 Å². The Hall–Kier alpha value is -2.40. The highest BCUT2D eigenvalue weighted by Gasteiger charge is 2.29. The SMILES string of the molecule is CC(=O)[C@@H](Cc1ccccc1)NC(=O)CN1CCC[C@@H]1c1cccn1C. The molecule has 0 unspecified atom stereocenters. The average Bonchev–Trinajstić information content (AvgIpc) is 3.23. The molecule has 26 heavy (non-hydrogen) atoms. The average molecular weight is 353 g/mol. The minimum Gasteiger partial charge on any atom is -0.353 e. The second-order valence-electron chi connectivity index (χ2n) is 7.09. The summed E-state index contributed by atoms with van der Waals surface area (Å²) >= 11 is 0. The summed E-state index contributed by atoms with van der Waals surface area (Å²) in [6, 6.07) is 13.8. The molecule has 0 radical (unpaired) electrons. The Morgan fingerprint density at radius 1 is 1.19 bits per heavy atom. The first-order valence-corrected chi connectivity index (χ1v) is 9.23. The van der Waals surface area contributed by atoms with Crippen molar-refractivity contribution < 1.29 is 9.59 Å². The van der Waals surface area contributed by atoms with E-state index < -0.39 is 6.04 Å². The first kappa shape index (κ1) is 18.4. The molecule has 3 rings (SSSR count). The number of nitrogens with one attached hydrogen (secondary N) is 1. The summed E-state index contributed by atoms with van der Waals surface area (Å²) < 4.78 is 2.12. The highest BCUT2D eigenvalue weighted by molar-refractivity contribution is 5.88. The number of aromatic nitrogens is 1. The molecule has 2 heterocycles. The quantitative estimate of drug-likeness (QED) is 0.832. The number of rotatable bonds is 7. The molecule has 1 aliphatic rings. The van der Waals surface area contributed by atoms with Crippen molar-refractivity contribution in [2.75, 3.05) is 13.1 Å². The zero-order valence-corrected chi connectivity index (χ0v) is 15.5. The summed E-state index contributed by atoms with van der Waals surface area (Å²) in [6.07, 6.45) is 4.72. The van der Waals surface area contributed by atoms with Crippen molar-refractivity contribution >= 4 is 11.7 Å². The van der Waals surface area contributed by atoms with Crippen LogP contribution in [-0.2, 0) is 23.1 Å². The van der Waals surface area contributed by atoms with Crippen LogP contribution in [0.25, 0.3) is 0 Å². The van der Waals surface area contributed by atoms with Gasteiger partial charge in [0.05, 0.1) is 18.6 Å². The van der Waals surface area contributed by atoms with Crippen molar-refractivity contribution in [3.63, 3.8) is 0 Å². The van der Waals surface area contributed by atoms with Crippen LogP contribution in [0.5, 0.6) is 0 Å². The van der Waals surface area contributed by atoms with Crippen LogP contribution in [0.15, 0.2) is 48.7 Å². The minimum absolute atomic E-state index is 0.0115. The van der Waals surface area contributed by atoms with Crippen LogP contribution in [0.3, 0.4) is 0 Å². The predicted octanol–water partition coefficient (Wildman–Crippen LogP) is 2.48. The maximum Gasteiger partial charge on any atom is 0.234 e. The highest BCUT2D eigenvalue weighted by Crippen LogP contribution is 2.31. The number of hydrogen-bond acceptors (Lipinski definition) is 3. The van der Waals surface area contributed by atoms with Crippen molar-refractivity contribution in [2.45, 2.75) is 38.3 Å². The molecule has 1 amide bonds. The van der Waals surface area contributed by atoms with Gasteiger partial charge in [-0.2, -0.15) is 0 Å². The molecule has 1 N–H and O–H groups in total. The third-order valence-electron chi connectivity index (χ3n) is 5.14. The van der Waals surface area contributed by atoms with Gasteiger partial charge in [-0.15, -0.1) is 0 Å². The molecular weight excluding hydrogens is 326 g/mol. The lowest BCUT2D eigenvalue weighted by Crippen LogP contribution is -2.46. The second kappa shape index (κ2) is 8.32. The molecule has 1 aliphatic heterocycles. The van der Waals surface area contributed by atoms with Gasteiger partial charge in [0.25, 0.3) is 0 Å². The van der Waals surface area contributed by atoms with Gasteiger partial charge >= 0.3 is 0 Å². The number of benzene rings is 1. The number of amides is 1.